The topological polar surface area (TPSA) is 66.8 Å². The van der Waals surface area contributed by atoms with Crippen molar-refractivity contribution in [2.45, 2.75) is 12.1 Å². The van der Waals surface area contributed by atoms with E-state index in [1.54, 1.807) is 0 Å². The summed E-state index contributed by atoms with van der Waals surface area (Å²) in [6.45, 7) is -0.595. The molecule has 1 saturated heterocycles. The summed E-state index contributed by atoms with van der Waals surface area (Å²) in [5, 5.41) is 8.79. The van der Waals surface area contributed by atoms with Crippen molar-refractivity contribution in [1.29, 1.82) is 0 Å². The lowest BCUT2D eigenvalue weighted by atomic mass is 10.1. The number of benzene rings is 1. The Labute approximate surface area is 113 Å². The van der Waals surface area contributed by atoms with Crippen LogP contribution in [0.4, 0.5) is 8.78 Å². The summed E-state index contributed by atoms with van der Waals surface area (Å²) in [5.74, 6) is -2.72. The normalized spacial score (nSPS) is 21.9. The van der Waals surface area contributed by atoms with Crippen LogP contribution in [-0.2, 0) is 4.79 Å². The van der Waals surface area contributed by atoms with Crippen molar-refractivity contribution in [3.8, 4) is 5.75 Å². The van der Waals surface area contributed by atoms with E-state index in [2.05, 4.69) is 0 Å². The number of carboxylic acids is 1. The van der Waals surface area contributed by atoms with Gasteiger partial charge in [-0.3, -0.25) is 4.79 Å². The van der Waals surface area contributed by atoms with E-state index >= 15 is 0 Å². The van der Waals surface area contributed by atoms with Gasteiger partial charge in [-0.15, -0.1) is 0 Å². The fourth-order valence-electron chi connectivity index (χ4n) is 2.14. The number of methoxy groups -OCH3 is 1. The number of carbonyl (C=O) groups is 2. The molecule has 2 rings (SSSR count). The number of rotatable bonds is 3. The summed E-state index contributed by atoms with van der Waals surface area (Å²) in [6.07, 6.45) is -0.286. The minimum atomic E-state index is -2.45. The van der Waals surface area contributed by atoms with Gasteiger partial charge in [0.2, 0.25) is 5.67 Å². The first-order valence-corrected chi connectivity index (χ1v) is 5.92. The molecule has 20 heavy (non-hydrogen) atoms. The number of hydrogen-bond donors (Lipinski definition) is 1. The molecule has 0 spiro atoms. The average molecular weight is 285 g/mol. The van der Waals surface area contributed by atoms with E-state index in [4.69, 9.17) is 9.84 Å². The Morgan fingerprint density at radius 3 is 2.70 bits per heavy atom. The molecule has 0 aromatic heterocycles. The van der Waals surface area contributed by atoms with Crippen molar-refractivity contribution in [2.24, 2.45) is 0 Å². The summed E-state index contributed by atoms with van der Waals surface area (Å²) in [4.78, 5) is 24.1. The minimum Gasteiger partial charge on any atom is -0.496 e. The number of carboxylic acid groups (broad SMARTS) is 1. The second kappa shape index (κ2) is 5.07. The van der Waals surface area contributed by atoms with Gasteiger partial charge in [-0.25, -0.2) is 13.6 Å². The van der Waals surface area contributed by atoms with Crippen LogP contribution in [0.1, 0.15) is 16.8 Å². The van der Waals surface area contributed by atoms with Crippen molar-refractivity contribution in [1.82, 2.24) is 4.90 Å². The van der Waals surface area contributed by atoms with Crippen molar-refractivity contribution in [3.63, 3.8) is 0 Å². The first kappa shape index (κ1) is 14.2. The second-order valence-corrected chi connectivity index (χ2v) is 4.59. The Hall–Kier alpha value is -2.18. The van der Waals surface area contributed by atoms with Crippen LogP contribution in [0.15, 0.2) is 18.2 Å². The maximum absolute atomic E-state index is 13.9. The molecule has 0 radical (unpaired) electrons. The highest BCUT2D eigenvalue weighted by atomic mass is 19.1. The van der Waals surface area contributed by atoms with Crippen molar-refractivity contribution in [2.75, 3.05) is 20.2 Å². The lowest BCUT2D eigenvalue weighted by molar-refractivity contribution is -0.149. The maximum atomic E-state index is 13.9. The fraction of sp³-hybridized carbons (Fsp3) is 0.385. The van der Waals surface area contributed by atoms with E-state index < -0.39 is 29.9 Å². The molecule has 7 heteroatoms. The standard InChI is InChI=1S/C13H13F2NO4/c1-20-10-3-2-8(14)6-9(10)11(17)16-5-4-13(15,7-16)12(18)19/h2-3,6H,4-5,7H2,1H3,(H,18,19)/t13-/m1/s1. The van der Waals surface area contributed by atoms with Gasteiger partial charge in [-0.1, -0.05) is 0 Å². The van der Waals surface area contributed by atoms with E-state index in [1.165, 1.54) is 13.2 Å². The maximum Gasteiger partial charge on any atom is 0.343 e. The molecule has 1 N–H and O–H groups in total. The van der Waals surface area contributed by atoms with Gasteiger partial charge in [0.05, 0.1) is 19.2 Å². The zero-order valence-electron chi connectivity index (χ0n) is 10.7. The summed E-state index contributed by atoms with van der Waals surface area (Å²) in [6, 6.07) is 3.41. The van der Waals surface area contributed by atoms with Crippen LogP contribution in [0.25, 0.3) is 0 Å². The zero-order chi connectivity index (χ0) is 14.9. The highest BCUT2D eigenvalue weighted by Crippen LogP contribution is 2.29. The number of amides is 1. The third-order valence-electron chi connectivity index (χ3n) is 3.28. The molecular weight excluding hydrogens is 272 g/mol. The van der Waals surface area contributed by atoms with Crippen LogP contribution in [0, 0.1) is 5.82 Å². The summed E-state index contributed by atoms with van der Waals surface area (Å²) < 4.78 is 32.1. The predicted molar refractivity (Wildman–Crippen MR) is 64.9 cm³/mol. The summed E-state index contributed by atoms with van der Waals surface area (Å²) >= 11 is 0. The number of likely N-dealkylation sites (tertiary alicyclic amines) is 1. The Morgan fingerprint density at radius 1 is 1.45 bits per heavy atom. The smallest absolute Gasteiger partial charge is 0.343 e. The molecule has 1 atom stereocenters. The highest BCUT2D eigenvalue weighted by Gasteiger charge is 2.47. The van der Waals surface area contributed by atoms with Crippen LogP contribution in [-0.4, -0.2) is 47.8 Å². The van der Waals surface area contributed by atoms with Gasteiger partial charge in [0.15, 0.2) is 0 Å². The van der Waals surface area contributed by atoms with Gasteiger partial charge >= 0.3 is 5.97 Å². The van der Waals surface area contributed by atoms with Crippen molar-refractivity contribution >= 4 is 11.9 Å². The van der Waals surface area contributed by atoms with Gasteiger partial charge in [0.25, 0.3) is 5.91 Å². The molecule has 0 aliphatic carbocycles. The molecule has 0 unspecified atom stereocenters. The Kier molecular flexibility index (Phi) is 3.61. The molecule has 0 bridgehead atoms. The van der Waals surface area contributed by atoms with Gasteiger partial charge in [0, 0.05) is 13.0 Å². The minimum absolute atomic E-state index is 0.0404. The average Bonchev–Trinajstić information content (AvgIpc) is 2.82. The van der Waals surface area contributed by atoms with Crippen LogP contribution in [0.3, 0.4) is 0 Å². The largest absolute Gasteiger partial charge is 0.496 e. The summed E-state index contributed by atoms with van der Waals surface area (Å²) in [5.41, 5.74) is -2.50. The van der Waals surface area contributed by atoms with Crippen LogP contribution in [0.5, 0.6) is 5.75 Å². The molecule has 5 nitrogen and oxygen atoms in total. The molecule has 1 aromatic carbocycles. The van der Waals surface area contributed by atoms with Crippen LogP contribution >= 0.6 is 0 Å². The molecule has 108 valence electrons. The second-order valence-electron chi connectivity index (χ2n) is 4.59. The molecule has 0 saturated carbocycles. The molecule has 1 fully saturated rings. The quantitative estimate of drug-likeness (QED) is 0.913. The number of ether oxygens (including phenoxy) is 1. The van der Waals surface area contributed by atoms with Crippen LogP contribution in [0.2, 0.25) is 0 Å². The Morgan fingerprint density at radius 2 is 2.15 bits per heavy atom. The Balaban J connectivity index is 2.25. The number of alkyl halides is 1. The molecule has 1 aliphatic heterocycles. The van der Waals surface area contributed by atoms with Gasteiger partial charge in [-0.05, 0) is 18.2 Å². The third-order valence-corrected chi connectivity index (χ3v) is 3.28. The predicted octanol–water partition coefficient (Wildman–Crippen LogP) is 1.47. The van der Waals surface area contributed by atoms with Gasteiger partial charge in [-0.2, -0.15) is 0 Å². The zero-order valence-corrected chi connectivity index (χ0v) is 10.7. The lowest BCUT2D eigenvalue weighted by Gasteiger charge is -2.19. The van der Waals surface area contributed by atoms with Gasteiger partial charge in [0.1, 0.15) is 11.6 Å². The SMILES string of the molecule is COc1ccc(F)cc1C(=O)N1CC[C@](F)(C(=O)O)C1. The van der Waals surface area contributed by atoms with E-state index in [9.17, 15) is 18.4 Å². The molecule has 1 amide bonds. The summed E-state index contributed by atoms with van der Waals surface area (Å²) in [7, 11) is 1.32. The molecular formula is C13H13F2NO4. The first-order chi connectivity index (χ1) is 9.37. The van der Waals surface area contributed by atoms with E-state index in [-0.39, 0.29) is 24.3 Å². The van der Waals surface area contributed by atoms with Crippen molar-refractivity contribution < 1.29 is 28.2 Å². The fourth-order valence-corrected chi connectivity index (χ4v) is 2.14. The number of aliphatic carboxylic acids is 1. The van der Waals surface area contributed by atoms with Crippen molar-refractivity contribution in [3.05, 3.63) is 29.6 Å². The molecule has 1 aromatic rings. The number of nitrogens with zero attached hydrogens (tertiary/aromatic N) is 1. The van der Waals surface area contributed by atoms with Crippen LogP contribution < -0.4 is 4.74 Å². The number of hydrogen-bond acceptors (Lipinski definition) is 3. The number of halogens is 2. The molecule has 1 aliphatic rings. The van der Waals surface area contributed by atoms with Gasteiger partial charge < -0.3 is 14.7 Å². The monoisotopic (exact) mass is 285 g/mol. The van der Waals surface area contributed by atoms with E-state index in [0.29, 0.717) is 0 Å². The Bertz CT molecular complexity index is 563. The first-order valence-electron chi connectivity index (χ1n) is 5.92. The van der Waals surface area contributed by atoms with E-state index in [1.807, 2.05) is 0 Å². The van der Waals surface area contributed by atoms with E-state index in [0.717, 1.165) is 17.0 Å². The lowest BCUT2D eigenvalue weighted by Crippen LogP contribution is -2.39. The third kappa shape index (κ3) is 2.43. The number of carbonyl (C=O) groups excluding carboxylic acids is 1. The molecule has 1 heterocycles. The highest BCUT2D eigenvalue weighted by molar-refractivity contribution is 5.97.